The van der Waals surface area contributed by atoms with E-state index < -0.39 is 0 Å². The van der Waals surface area contributed by atoms with Gasteiger partial charge in [-0.3, -0.25) is 0 Å². The van der Waals surface area contributed by atoms with Crippen LogP contribution in [0.15, 0.2) is 36.5 Å². The van der Waals surface area contributed by atoms with E-state index in [2.05, 4.69) is 23.7 Å². The molecule has 2 N–H and O–H groups in total. The number of aliphatic hydroxyl groups is 2. The molecule has 0 heterocycles. The van der Waals surface area contributed by atoms with E-state index in [4.69, 9.17) is 5.11 Å². The summed E-state index contributed by atoms with van der Waals surface area (Å²) in [6, 6.07) is 0. The van der Waals surface area contributed by atoms with Crippen LogP contribution in [0.2, 0.25) is 0 Å². The van der Waals surface area contributed by atoms with Gasteiger partial charge in [0.1, 0.15) is 0 Å². The molecule has 0 aromatic carbocycles. The Balaban J connectivity index is 3.83. The Kier molecular flexibility index (Phi) is 13.0. The van der Waals surface area contributed by atoms with E-state index in [0.29, 0.717) is 12.8 Å². The molecule has 0 aromatic heterocycles. The van der Waals surface area contributed by atoms with Crippen molar-refractivity contribution in [2.45, 2.75) is 38.7 Å². The van der Waals surface area contributed by atoms with Crippen molar-refractivity contribution in [3.05, 3.63) is 36.5 Å². The highest BCUT2D eigenvalue weighted by molar-refractivity contribution is 5.32. The lowest BCUT2D eigenvalue weighted by molar-refractivity contribution is 0.211. The van der Waals surface area contributed by atoms with Gasteiger partial charge in [0.05, 0.1) is 6.10 Å². The van der Waals surface area contributed by atoms with Crippen molar-refractivity contribution >= 4 is 0 Å². The van der Waals surface area contributed by atoms with E-state index in [1.807, 2.05) is 31.2 Å². The lowest BCUT2D eigenvalue weighted by atomic mass is 10.2. The molecule has 102 valence electrons. The first-order chi connectivity index (χ1) is 9.31. The summed E-state index contributed by atoms with van der Waals surface area (Å²) in [5, 5.41) is 17.9. The predicted molar refractivity (Wildman–Crippen MR) is 80.2 cm³/mol. The van der Waals surface area contributed by atoms with Crippen molar-refractivity contribution in [2.75, 3.05) is 6.61 Å². The van der Waals surface area contributed by atoms with Crippen LogP contribution in [0.25, 0.3) is 0 Å². The summed E-state index contributed by atoms with van der Waals surface area (Å²) in [7, 11) is 0. The molecular formula is C17H22O2. The highest BCUT2D eigenvalue weighted by Gasteiger charge is 1.92. The first-order valence-corrected chi connectivity index (χ1v) is 6.58. The largest absolute Gasteiger partial charge is 0.396 e. The third-order valence-electron chi connectivity index (χ3n) is 2.11. The number of hydrogen-bond acceptors (Lipinski definition) is 2. The van der Waals surface area contributed by atoms with Crippen molar-refractivity contribution in [3.63, 3.8) is 0 Å². The number of hydrogen-bond donors (Lipinski definition) is 2. The highest BCUT2D eigenvalue weighted by Crippen LogP contribution is 1.97. The molecule has 0 bridgehead atoms. The fourth-order valence-electron chi connectivity index (χ4n) is 1.17. The number of unbranched alkanes of at least 4 members (excludes halogenated alkanes) is 1. The van der Waals surface area contributed by atoms with Crippen molar-refractivity contribution in [1.29, 1.82) is 0 Å². The average molecular weight is 258 g/mol. The maximum Gasteiger partial charge on any atom is 0.0723 e. The summed E-state index contributed by atoms with van der Waals surface area (Å²) in [5.74, 6) is 11.0. The van der Waals surface area contributed by atoms with Crippen LogP contribution in [0.3, 0.4) is 0 Å². The molecule has 0 fully saturated rings. The summed E-state index contributed by atoms with van der Waals surface area (Å²) in [6.07, 6.45) is 13.6. The Labute approximate surface area is 116 Å². The maximum atomic E-state index is 9.42. The lowest BCUT2D eigenvalue weighted by Gasteiger charge is -1.99. The zero-order valence-corrected chi connectivity index (χ0v) is 11.5. The first-order valence-electron chi connectivity index (χ1n) is 6.58. The molecule has 0 amide bonds. The second-order valence-corrected chi connectivity index (χ2v) is 3.88. The average Bonchev–Trinajstić information content (AvgIpc) is 2.40. The van der Waals surface area contributed by atoms with Crippen LogP contribution in [0.1, 0.15) is 32.6 Å². The number of allylic oxidation sites excluding steroid dienone is 5. The van der Waals surface area contributed by atoms with Gasteiger partial charge in [-0.05, 0) is 30.8 Å². The zero-order chi connectivity index (χ0) is 14.2. The minimum absolute atomic E-state index is 0.174. The molecule has 0 saturated carbocycles. The fourth-order valence-corrected chi connectivity index (χ4v) is 1.17. The quantitative estimate of drug-likeness (QED) is 0.418. The lowest BCUT2D eigenvalue weighted by Crippen LogP contribution is -1.99. The molecule has 19 heavy (non-hydrogen) atoms. The number of rotatable bonds is 7. The van der Waals surface area contributed by atoms with Gasteiger partial charge in [0.2, 0.25) is 0 Å². The zero-order valence-electron chi connectivity index (χ0n) is 11.5. The molecule has 0 radical (unpaired) electrons. The van der Waals surface area contributed by atoms with Crippen LogP contribution < -0.4 is 0 Å². The van der Waals surface area contributed by atoms with Gasteiger partial charge in [0, 0.05) is 13.0 Å². The third-order valence-corrected chi connectivity index (χ3v) is 2.11. The second kappa shape index (κ2) is 14.3. The normalized spacial score (nSPS) is 12.4. The summed E-state index contributed by atoms with van der Waals surface area (Å²) < 4.78 is 0. The molecule has 2 heteroatoms. The van der Waals surface area contributed by atoms with E-state index in [-0.39, 0.29) is 12.7 Å². The van der Waals surface area contributed by atoms with Gasteiger partial charge in [-0.15, -0.1) is 0 Å². The van der Waals surface area contributed by atoms with Gasteiger partial charge in [0.25, 0.3) is 0 Å². The fraction of sp³-hybridized carbons (Fsp3) is 0.412. The van der Waals surface area contributed by atoms with Gasteiger partial charge in [-0.25, -0.2) is 0 Å². The van der Waals surface area contributed by atoms with E-state index in [1.165, 1.54) is 0 Å². The Morgan fingerprint density at radius 2 is 1.89 bits per heavy atom. The summed E-state index contributed by atoms with van der Waals surface area (Å²) in [4.78, 5) is 0. The predicted octanol–water partition coefficient (Wildman–Crippen LogP) is 2.60. The number of aliphatic hydroxyl groups excluding tert-OH is 2. The molecule has 0 aromatic rings. The van der Waals surface area contributed by atoms with Crippen molar-refractivity contribution in [2.24, 2.45) is 0 Å². The molecule has 0 aliphatic carbocycles. The van der Waals surface area contributed by atoms with E-state index in [1.54, 1.807) is 12.2 Å². The van der Waals surface area contributed by atoms with E-state index in [9.17, 15) is 5.11 Å². The van der Waals surface area contributed by atoms with Crippen molar-refractivity contribution < 1.29 is 10.2 Å². The summed E-state index contributed by atoms with van der Waals surface area (Å²) >= 11 is 0. The molecule has 1 atom stereocenters. The van der Waals surface area contributed by atoms with Gasteiger partial charge < -0.3 is 10.2 Å². The topological polar surface area (TPSA) is 40.5 Å². The Bertz CT molecular complexity index is 408. The van der Waals surface area contributed by atoms with Gasteiger partial charge in [0.15, 0.2) is 0 Å². The molecule has 0 spiro atoms. The second-order valence-electron chi connectivity index (χ2n) is 3.88. The van der Waals surface area contributed by atoms with E-state index >= 15 is 0 Å². The van der Waals surface area contributed by atoms with Crippen LogP contribution in [-0.4, -0.2) is 22.9 Å². The van der Waals surface area contributed by atoms with Crippen LogP contribution >= 0.6 is 0 Å². The Morgan fingerprint density at radius 1 is 1.11 bits per heavy atom. The van der Waals surface area contributed by atoms with Crippen LogP contribution in [0.5, 0.6) is 0 Å². The Hall–Kier alpha value is -1.74. The van der Waals surface area contributed by atoms with Gasteiger partial charge in [-0.2, -0.15) is 0 Å². The highest BCUT2D eigenvalue weighted by atomic mass is 16.3. The van der Waals surface area contributed by atoms with Crippen molar-refractivity contribution in [3.8, 4) is 23.7 Å². The standard InChI is InChI=1S/C17H22O2/c1-2-14-17(19)15-12-10-8-6-4-3-5-7-9-11-13-16-18/h4,6,8,10,12,15,17-19H,2,11,13-14,16H2,1H3/b6-4?,10-8+,15-12+. The van der Waals surface area contributed by atoms with Crippen molar-refractivity contribution in [1.82, 2.24) is 0 Å². The monoisotopic (exact) mass is 258 g/mol. The summed E-state index contributed by atoms with van der Waals surface area (Å²) in [5.41, 5.74) is 0. The summed E-state index contributed by atoms with van der Waals surface area (Å²) in [6.45, 7) is 2.22. The minimum atomic E-state index is -0.354. The minimum Gasteiger partial charge on any atom is -0.396 e. The molecular weight excluding hydrogens is 236 g/mol. The SMILES string of the molecule is CCCC(O)/C=C/C=C/C=CC#CC#CCCCO. The molecule has 1 unspecified atom stereocenters. The third kappa shape index (κ3) is 14.2. The molecule has 0 rings (SSSR count). The van der Waals surface area contributed by atoms with Gasteiger partial charge in [-0.1, -0.05) is 55.6 Å². The Morgan fingerprint density at radius 3 is 2.63 bits per heavy atom. The maximum absolute atomic E-state index is 9.42. The molecule has 2 nitrogen and oxygen atoms in total. The van der Waals surface area contributed by atoms with Crippen LogP contribution in [0, 0.1) is 23.7 Å². The van der Waals surface area contributed by atoms with Crippen LogP contribution in [0.4, 0.5) is 0 Å². The van der Waals surface area contributed by atoms with Gasteiger partial charge >= 0.3 is 0 Å². The first kappa shape index (κ1) is 17.3. The molecule has 0 aliphatic heterocycles. The van der Waals surface area contributed by atoms with E-state index in [0.717, 1.165) is 12.8 Å². The molecule has 0 aliphatic rings. The van der Waals surface area contributed by atoms with Crippen LogP contribution in [-0.2, 0) is 0 Å². The smallest absolute Gasteiger partial charge is 0.0723 e. The molecule has 0 saturated heterocycles.